The lowest BCUT2D eigenvalue weighted by atomic mass is 10.1. The molecule has 0 unspecified atom stereocenters. The van der Waals surface area contributed by atoms with Gasteiger partial charge in [0.15, 0.2) is 0 Å². The molecule has 0 saturated carbocycles. The fraction of sp³-hybridized carbons (Fsp3) is 0.188. The van der Waals surface area contributed by atoms with Gasteiger partial charge in [0, 0.05) is 24.0 Å². The third kappa shape index (κ3) is 4.64. The van der Waals surface area contributed by atoms with E-state index in [1.807, 2.05) is 24.3 Å². The summed E-state index contributed by atoms with van der Waals surface area (Å²) in [6.45, 7) is 1.82. The Kier molecular flexibility index (Phi) is 5.09. The van der Waals surface area contributed by atoms with E-state index in [4.69, 9.17) is 5.11 Å². The third-order valence-electron chi connectivity index (χ3n) is 2.86. The average Bonchev–Trinajstić information content (AvgIpc) is 2.90. The van der Waals surface area contributed by atoms with Crippen LogP contribution in [0.3, 0.4) is 0 Å². The fourth-order valence-electron chi connectivity index (χ4n) is 1.94. The summed E-state index contributed by atoms with van der Waals surface area (Å²) in [6, 6.07) is 12.2. The molecule has 0 aliphatic rings. The number of carboxylic acid groups (broad SMARTS) is 1. The largest absolute Gasteiger partial charge is 0.478 e. The van der Waals surface area contributed by atoms with Gasteiger partial charge in [-0.1, -0.05) is 30.3 Å². The lowest BCUT2D eigenvalue weighted by Gasteiger charge is -2.15. The third-order valence-corrected chi connectivity index (χ3v) is 3.72. The number of rotatable bonds is 6. The highest BCUT2D eigenvalue weighted by molar-refractivity contribution is 7.09. The molecule has 0 radical (unpaired) electrons. The van der Waals surface area contributed by atoms with E-state index < -0.39 is 5.97 Å². The molecule has 0 fully saturated rings. The van der Waals surface area contributed by atoms with Gasteiger partial charge < -0.3 is 5.11 Å². The normalized spacial score (nSPS) is 11.3. The Labute approximate surface area is 122 Å². The molecule has 20 heavy (non-hydrogen) atoms. The number of hydrogen-bond acceptors (Lipinski definition) is 3. The summed E-state index contributed by atoms with van der Waals surface area (Å²) in [5.74, 6) is -0.926. The lowest BCUT2D eigenvalue weighted by molar-refractivity contribution is -0.131. The van der Waals surface area contributed by atoms with Crippen LogP contribution in [0.5, 0.6) is 0 Å². The van der Waals surface area contributed by atoms with E-state index in [1.54, 1.807) is 17.4 Å². The molecule has 0 spiro atoms. The number of carboxylic acids is 1. The highest BCUT2D eigenvalue weighted by Gasteiger charge is 2.02. The maximum atomic E-state index is 10.4. The molecule has 1 N–H and O–H groups in total. The van der Waals surface area contributed by atoms with Crippen molar-refractivity contribution in [1.82, 2.24) is 4.90 Å². The first-order chi connectivity index (χ1) is 9.63. The van der Waals surface area contributed by atoms with Gasteiger partial charge in [-0.2, -0.15) is 0 Å². The van der Waals surface area contributed by atoms with Gasteiger partial charge in [0.1, 0.15) is 0 Å². The Bertz CT molecular complexity index is 573. The summed E-state index contributed by atoms with van der Waals surface area (Å²) < 4.78 is 0. The molecule has 0 aliphatic carbocycles. The van der Waals surface area contributed by atoms with Crippen molar-refractivity contribution >= 4 is 23.4 Å². The first kappa shape index (κ1) is 14.5. The Morgan fingerprint density at radius 3 is 2.60 bits per heavy atom. The molecule has 1 aromatic carbocycles. The number of thiophene rings is 1. The highest BCUT2D eigenvalue weighted by atomic mass is 32.1. The van der Waals surface area contributed by atoms with Crippen LogP contribution in [0.2, 0.25) is 0 Å². The van der Waals surface area contributed by atoms with Gasteiger partial charge in [-0.05, 0) is 35.7 Å². The van der Waals surface area contributed by atoms with Gasteiger partial charge in [-0.15, -0.1) is 11.3 Å². The van der Waals surface area contributed by atoms with E-state index in [-0.39, 0.29) is 0 Å². The van der Waals surface area contributed by atoms with E-state index >= 15 is 0 Å². The molecule has 4 heteroatoms. The molecule has 0 bridgehead atoms. The summed E-state index contributed by atoms with van der Waals surface area (Å²) in [5.41, 5.74) is 2.12. The van der Waals surface area contributed by atoms with Gasteiger partial charge in [0.2, 0.25) is 0 Å². The molecule has 104 valence electrons. The summed E-state index contributed by atoms with van der Waals surface area (Å²) in [4.78, 5) is 14.1. The zero-order valence-electron chi connectivity index (χ0n) is 11.3. The number of aliphatic carboxylic acids is 1. The minimum atomic E-state index is -0.926. The summed E-state index contributed by atoms with van der Waals surface area (Å²) >= 11 is 1.77. The molecule has 1 aromatic heterocycles. The Morgan fingerprint density at radius 1 is 1.25 bits per heavy atom. The van der Waals surface area contributed by atoms with Crippen molar-refractivity contribution in [2.75, 3.05) is 7.05 Å². The van der Waals surface area contributed by atoms with Crippen molar-refractivity contribution in [3.05, 3.63) is 63.9 Å². The SMILES string of the molecule is CN(Cc1ccc(C=CC(=O)O)cc1)Cc1cccs1. The Hall–Kier alpha value is -1.91. The quantitative estimate of drug-likeness (QED) is 0.827. The standard InChI is InChI=1S/C16H17NO2S/c1-17(12-15-3-2-10-20-15)11-14-6-4-13(5-7-14)8-9-16(18)19/h2-10H,11-12H2,1H3,(H,18,19). The Balaban J connectivity index is 1.91. The molecule has 0 amide bonds. The van der Waals surface area contributed by atoms with Gasteiger partial charge in [-0.3, -0.25) is 4.90 Å². The molecule has 3 nitrogen and oxygen atoms in total. The van der Waals surface area contributed by atoms with Crippen LogP contribution in [-0.4, -0.2) is 23.0 Å². The van der Waals surface area contributed by atoms with Crippen LogP contribution in [0.1, 0.15) is 16.0 Å². The topological polar surface area (TPSA) is 40.5 Å². The smallest absolute Gasteiger partial charge is 0.328 e. The molecule has 1 heterocycles. The van der Waals surface area contributed by atoms with Crippen molar-refractivity contribution in [3.8, 4) is 0 Å². The zero-order valence-corrected chi connectivity index (χ0v) is 12.1. The minimum absolute atomic E-state index is 0.876. The van der Waals surface area contributed by atoms with E-state index in [9.17, 15) is 4.79 Å². The van der Waals surface area contributed by atoms with Crippen LogP contribution in [0.15, 0.2) is 47.9 Å². The average molecular weight is 287 g/mol. The molecule has 2 rings (SSSR count). The molecular weight excluding hydrogens is 270 g/mol. The number of benzene rings is 1. The second-order valence-electron chi connectivity index (χ2n) is 4.66. The molecule has 0 atom stereocenters. The van der Waals surface area contributed by atoms with Crippen LogP contribution >= 0.6 is 11.3 Å². The summed E-state index contributed by atoms with van der Waals surface area (Å²) in [7, 11) is 2.10. The van der Waals surface area contributed by atoms with E-state index in [0.717, 1.165) is 24.7 Å². The van der Waals surface area contributed by atoms with E-state index in [0.29, 0.717) is 0 Å². The van der Waals surface area contributed by atoms with Gasteiger partial charge in [0.25, 0.3) is 0 Å². The zero-order chi connectivity index (χ0) is 14.4. The molecule has 2 aromatic rings. The maximum Gasteiger partial charge on any atom is 0.328 e. The number of carbonyl (C=O) groups is 1. The van der Waals surface area contributed by atoms with Crippen molar-refractivity contribution < 1.29 is 9.90 Å². The summed E-state index contributed by atoms with van der Waals surface area (Å²) in [5, 5.41) is 10.7. The van der Waals surface area contributed by atoms with Gasteiger partial charge >= 0.3 is 5.97 Å². The number of nitrogens with zero attached hydrogens (tertiary/aromatic N) is 1. The van der Waals surface area contributed by atoms with Crippen LogP contribution in [0.25, 0.3) is 6.08 Å². The van der Waals surface area contributed by atoms with Crippen LogP contribution in [0, 0.1) is 0 Å². The predicted octanol–water partition coefficient (Wildman–Crippen LogP) is 3.48. The second-order valence-corrected chi connectivity index (χ2v) is 5.70. The van der Waals surface area contributed by atoms with Crippen molar-refractivity contribution in [1.29, 1.82) is 0 Å². The monoisotopic (exact) mass is 287 g/mol. The second kappa shape index (κ2) is 7.03. The molecule has 0 saturated heterocycles. The first-order valence-corrected chi connectivity index (χ1v) is 7.22. The van der Waals surface area contributed by atoms with Crippen LogP contribution < -0.4 is 0 Å². The fourth-order valence-corrected chi connectivity index (χ4v) is 2.72. The van der Waals surface area contributed by atoms with Crippen molar-refractivity contribution in [2.45, 2.75) is 13.1 Å². The summed E-state index contributed by atoms with van der Waals surface area (Å²) in [6.07, 6.45) is 2.75. The van der Waals surface area contributed by atoms with Gasteiger partial charge in [-0.25, -0.2) is 4.79 Å². The van der Waals surface area contributed by atoms with Gasteiger partial charge in [0.05, 0.1) is 0 Å². The molecular formula is C16H17NO2S. The van der Waals surface area contributed by atoms with Crippen LogP contribution in [0.4, 0.5) is 0 Å². The first-order valence-electron chi connectivity index (χ1n) is 6.34. The minimum Gasteiger partial charge on any atom is -0.478 e. The van der Waals surface area contributed by atoms with E-state index in [1.165, 1.54) is 10.4 Å². The lowest BCUT2D eigenvalue weighted by Crippen LogP contribution is -2.16. The predicted molar refractivity (Wildman–Crippen MR) is 82.6 cm³/mol. The van der Waals surface area contributed by atoms with E-state index in [2.05, 4.69) is 29.5 Å². The van der Waals surface area contributed by atoms with Crippen molar-refractivity contribution in [3.63, 3.8) is 0 Å². The van der Waals surface area contributed by atoms with Crippen molar-refractivity contribution in [2.24, 2.45) is 0 Å². The van der Waals surface area contributed by atoms with Crippen LogP contribution in [-0.2, 0) is 17.9 Å². The maximum absolute atomic E-state index is 10.4. The Morgan fingerprint density at radius 2 is 2.00 bits per heavy atom. The number of hydrogen-bond donors (Lipinski definition) is 1. The highest BCUT2D eigenvalue weighted by Crippen LogP contribution is 2.13. The molecule has 0 aliphatic heterocycles.